The Labute approximate surface area is 119 Å². The number of nitrogen functional groups attached to an aromatic ring is 1. The molecule has 0 aliphatic carbocycles. The van der Waals surface area contributed by atoms with Gasteiger partial charge in [0.25, 0.3) is 0 Å². The number of esters is 1. The second-order valence-electron chi connectivity index (χ2n) is 3.80. The van der Waals surface area contributed by atoms with Gasteiger partial charge in [-0.25, -0.2) is 9.97 Å². The van der Waals surface area contributed by atoms with Gasteiger partial charge in [0.1, 0.15) is 15.9 Å². The fourth-order valence-electron chi connectivity index (χ4n) is 1.57. The Balaban J connectivity index is 2.21. The van der Waals surface area contributed by atoms with Crippen LogP contribution < -0.4 is 5.73 Å². The molecule has 0 amide bonds. The van der Waals surface area contributed by atoms with Crippen LogP contribution in [0.5, 0.6) is 0 Å². The number of carbonyl (C=O) groups excluding carboxylic acids is 1. The zero-order valence-electron chi connectivity index (χ0n) is 10.8. The Morgan fingerprint density at radius 1 is 1.53 bits per heavy atom. The van der Waals surface area contributed by atoms with Crippen LogP contribution in [0.1, 0.15) is 20.3 Å². The Morgan fingerprint density at radius 3 is 3.00 bits per heavy atom. The van der Waals surface area contributed by atoms with E-state index in [1.807, 2.05) is 18.4 Å². The number of aromatic nitrogens is 2. The Bertz CT molecular complexity index is 585. The summed E-state index contributed by atoms with van der Waals surface area (Å²) in [4.78, 5) is 21.2. The molecule has 2 aromatic heterocycles. The summed E-state index contributed by atoms with van der Waals surface area (Å²) in [5.74, 6) is 0.218. The van der Waals surface area contributed by atoms with Crippen molar-refractivity contribution in [3.63, 3.8) is 0 Å². The molecule has 0 aliphatic heterocycles. The molecule has 0 saturated heterocycles. The molecule has 2 heterocycles. The summed E-state index contributed by atoms with van der Waals surface area (Å²) in [6.45, 7) is 4.10. The lowest BCUT2D eigenvalue weighted by atomic mass is 10.3. The van der Waals surface area contributed by atoms with Crippen LogP contribution in [0.2, 0.25) is 0 Å². The van der Waals surface area contributed by atoms with E-state index in [1.54, 1.807) is 6.92 Å². The van der Waals surface area contributed by atoms with Crippen LogP contribution in [0.3, 0.4) is 0 Å². The molecule has 2 rings (SSSR count). The number of nitrogens with zero attached hydrogens (tertiary/aromatic N) is 2. The molecule has 0 fully saturated rings. The van der Waals surface area contributed by atoms with Crippen molar-refractivity contribution in [2.75, 3.05) is 12.3 Å². The first-order valence-corrected chi connectivity index (χ1v) is 7.75. The molecular formula is C12H15N3O2S2. The molecule has 1 unspecified atom stereocenters. The lowest BCUT2D eigenvalue weighted by Gasteiger charge is -2.12. The van der Waals surface area contributed by atoms with Crippen molar-refractivity contribution in [2.45, 2.75) is 30.7 Å². The summed E-state index contributed by atoms with van der Waals surface area (Å²) in [6, 6.07) is 1.90. The molecule has 2 aromatic rings. The Kier molecular flexibility index (Phi) is 4.60. The third-order valence-electron chi connectivity index (χ3n) is 2.50. The molecule has 0 aromatic carbocycles. The van der Waals surface area contributed by atoms with Crippen LogP contribution in [-0.4, -0.2) is 27.8 Å². The Hall–Kier alpha value is -1.34. The number of thioether (sulfide) groups is 1. The van der Waals surface area contributed by atoms with Crippen molar-refractivity contribution in [3.8, 4) is 0 Å². The number of thiophene rings is 1. The monoisotopic (exact) mass is 297 g/mol. The number of nitrogens with two attached hydrogens (primary N) is 1. The lowest BCUT2D eigenvalue weighted by molar-refractivity contribution is -0.142. The van der Waals surface area contributed by atoms with Crippen LogP contribution in [0.25, 0.3) is 10.2 Å². The lowest BCUT2D eigenvalue weighted by Crippen LogP contribution is -2.19. The largest absolute Gasteiger partial charge is 0.465 e. The van der Waals surface area contributed by atoms with Gasteiger partial charge in [0.05, 0.1) is 12.0 Å². The predicted molar refractivity (Wildman–Crippen MR) is 78.4 cm³/mol. The zero-order chi connectivity index (χ0) is 13.8. The van der Waals surface area contributed by atoms with Crippen molar-refractivity contribution in [1.82, 2.24) is 9.97 Å². The van der Waals surface area contributed by atoms with Crippen LogP contribution in [0, 0.1) is 0 Å². The van der Waals surface area contributed by atoms with E-state index in [0.29, 0.717) is 24.0 Å². The third kappa shape index (κ3) is 3.16. The van der Waals surface area contributed by atoms with E-state index in [9.17, 15) is 4.79 Å². The van der Waals surface area contributed by atoms with Crippen molar-refractivity contribution >= 4 is 45.1 Å². The van der Waals surface area contributed by atoms with Gasteiger partial charge in [-0.15, -0.1) is 11.3 Å². The molecule has 0 bridgehead atoms. The van der Waals surface area contributed by atoms with E-state index in [4.69, 9.17) is 10.5 Å². The first kappa shape index (κ1) is 14.1. The minimum absolute atomic E-state index is 0.233. The molecule has 0 aliphatic rings. The van der Waals surface area contributed by atoms with Gasteiger partial charge in [0, 0.05) is 0 Å². The summed E-state index contributed by atoms with van der Waals surface area (Å²) in [6.07, 6.45) is 0.662. The van der Waals surface area contributed by atoms with Gasteiger partial charge in [0.2, 0.25) is 0 Å². The van der Waals surface area contributed by atoms with Crippen molar-refractivity contribution in [1.29, 1.82) is 0 Å². The molecule has 1 atom stereocenters. The molecule has 0 radical (unpaired) electrons. The number of hydrogen-bond acceptors (Lipinski definition) is 7. The summed E-state index contributed by atoms with van der Waals surface area (Å²) >= 11 is 2.81. The van der Waals surface area contributed by atoms with Crippen LogP contribution in [0.4, 0.5) is 5.82 Å². The van der Waals surface area contributed by atoms with Gasteiger partial charge >= 0.3 is 5.97 Å². The molecule has 0 spiro atoms. The number of ether oxygens (including phenoxy) is 1. The van der Waals surface area contributed by atoms with Crippen molar-refractivity contribution in [3.05, 3.63) is 11.4 Å². The number of hydrogen-bond donors (Lipinski definition) is 1. The van der Waals surface area contributed by atoms with E-state index in [-0.39, 0.29) is 11.2 Å². The molecule has 5 nitrogen and oxygen atoms in total. The van der Waals surface area contributed by atoms with E-state index in [1.165, 1.54) is 23.1 Å². The van der Waals surface area contributed by atoms with Crippen molar-refractivity contribution < 1.29 is 9.53 Å². The normalized spacial score (nSPS) is 12.5. The van der Waals surface area contributed by atoms with E-state index < -0.39 is 0 Å². The summed E-state index contributed by atoms with van der Waals surface area (Å²) in [5.41, 5.74) is 5.88. The predicted octanol–water partition coefficient (Wildman–Crippen LogP) is 2.71. The number of carbonyl (C=O) groups is 1. The summed E-state index contributed by atoms with van der Waals surface area (Å²) in [5, 5.41) is 3.01. The van der Waals surface area contributed by atoms with Crippen LogP contribution >= 0.6 is 23.1 Å². The van der Waals surface area contributed by atoms with Gasteiger partial charge in [-0.1, -0.05) is 18.7 Å². The minimum atomic E-state index is -0.295. The average molecular weight is 297 g/mol. The van der Waals surface area contributed by atoms with Crippen molar-refractivity contribution in [2.24, 2.45) is 0 Å². The second-order valence-corrected chi connectivity index (χ2v) is 5.86. The van der Waals surface area contributed by atoms with Gasteiger partial charge < -0.3 is 10.5 Å². The Morgan fingerprint density at radius 2 is 2.32 bits per heavy atom. The van der Waals surface area contributed by atoms with Gasteiger partial charge in [0.15, 0.2) is 5.16 Å². The van der Waals surface area contributed by atoms with E-state index in [2.05, 4.69) is 9.97 Å². The molecular weight excluding hydrogens is 282 g/mol. The number of fused-ring (bicyclic) bond motifs is 1. The maximum atomic E-state index is 11.7. The highest BCUT2D eigenvalue weighted by molar-refractivity contribution is 8.00. The first-order valence-electron chi connectivity index (χ1n) is 5.99. The average Bonchev–Trinajstić information content (AvgIpc) is 2.85. The fourth-order valence-corrected chi connectivity index (χ4v) is 3.28. The van der Waals surface area contributed by atoms with E-state index in [0.717, 1.165) is 10.2 Å². The molecule has 102 valence electrons. The SMILES string of the molecule is CCOC(=O)C(CC)Sc1nc(N)c2ccsc2n1. The molecule has 7 heteroatoms. The topological polar surface area (TPSA) is 78.1 Å². The third-order valence-corrected chi connectivity index (χ3v) is 4.51. The maximum Gasteiger partial charge on any atom is 0.319 e. The van der Waals surface area contributed by atoms with Gasteiger partial charge in [-0.05, 0) is 24.8 Å². The minimum Gasteiger partial charge on any atom is -0.465 e. The van der Waals surface area contributed by atoms with Crippen LogP contribution in [0.15, 0.2) is 16.6 Å². The maximum absolute atomic E-state index is 11.7. The molecule has 0 saturated carbocycles. The molecule has 19 heavy (non-hydrogen) atoms. The first-order chi connectivity index (χ1) is 9.15. The number of anilines is 1. The van der Waals surface area contributed by atoms with Crippen LogP contribution in [-0.2, 0) is 9.53 Å². The quantitative estimate of drug-likeness (QED) is 0.519. The smallest absolute Gasteiger partial charge is 0.319 e. The van der Waals surface area contributed by atoms with E-state index >= 15 is 0 Å². The highest BCUT2D eigenvalue weighted by Crippen LogP contribution is 2.29. The number of rotatable bonds is 5. The highest BCUT2D eigenvalue weighted by atomic mass is 32.2. The second kappa shape index (κ2) is 6.21. The summed E-state index contributed by atoms with van der Waals surface area (Å²) in [7, 11) is 0. The van der Waals surface area contributed by atoms with Gasteiger partial charge in [-0.2, -0.15) is 0 Å². The highest BCUT2D eigenvalue weighted by Gasteiger charge is 2.21. The standard InChI is InChI=1S/C12H15N3O2S2/c1-3-8(11(16)17-4-2)19-12-14-9(13)7-5-6-18-10(7)15-12/h5-6,8H,3-4H2,1-2H3,(H2,13,14,15). The van der Waals surface area contributed by atoms with Gasteiger partial charge in [-0.3, -0.25) is 4.79 Å². The zero-order valence-corrected chi connectivity index (χ0v) is 12.4. The fraction of sp³-hybridized carbons (Fsp3) is 0.417. The summed E-state index contributed by atoms with van der Waals surface area (Å²) < 4.78 is 5.03. The molecule has 2 N–H and O–H groups in total.